The topological polar surface area (TPSA) is 220 Å². The van der Waals surface area contributed by atoms with Crippen molar-refractivity contribution in [2.45, 2.75) is 9.99 Å². The summed E-state index contributed by atoms with van der Waals surface area (Å²) in [7, 11) is -5.73. The van der Waals surface area contributed by atoms with Crippen LogP contribution in [0.1, 0.15) is 0 Å². The summed E-state index contributed by atoms with van der Waals surface area (Å²) in [6.07, 6.45) is 0. The second-order valence-electron chi connectivity index (χ2n) is 2.63. The summed E-state index contributed by atoms with van der Waals surface area (Å²) in [4.78, 5) is 9.41. The molecule has 0 aromatic rings. The fraction of sp³-hybridized carbons (Fsp3) is 0.500. The van der Waals surface area contributed by atoms with Crippen LogP contribution in [0.25, 0.3) is 0 Å². The first kappa shape index (κ1) is 14.6. The van der Waals surface area contributed by atoms with Crippen molar-refractivity contribution < 1.29 is 18.3 Å². The van der Waals surface area contributed by atoms with E-state index in [2.05, 4.69) is 11.5 Å². The Morgan fingerprint density at radius 1 is 1.00 bits per heavy atom. The lowest BCUT2D eigenvalue weighted by Gasteiger charge is -2.17. The second-order valence-corrected chi connectivity index (χ2v) is 4.89. The molecule has 13 heteroatoms. The first-order valence-electron chi connectivity index (χ1n) is 3.44. The van der Waals surface area contributed by atoms with E-state index in [1.165, 1.54) is 0 Å². The van der Waals surface area contributed by atoms with Crippen molar-refractivity contribution in [1.82, 2.24) is 0 Å². The minimum absolute atomic E-state index is 0.568. The Balaban J connectivity index is 6.29. The second kappa shape index (κ2) is 3.91. The summed E-state index contributed by atoms with van der Waals surface area (Å²) in [5.74, 6) is 0. The van der Waals surface area contributed by atoms with Gasteiger partial charge in [-0.3, -0.25) is 20.2 Å². The highest BCUT2D eigenvalue weighted by atomic mass is 32.2. The Bertz CT molecular complexity index is 512. The molecule has 4 N–H and O–H groups in total. The van der Waals surface area contributed by atoms with Gasteiger partial charge in [0, 0.05) is 0 Å². The summed E-state index contributed by atoms with van der Waals surface area (Å²) >= 11 is 0. The third-order valence-electron chi connectivity index (χ3n) is 1.68. The van der Waals surface area contributed by atoms with Crippen molar-refractivity contribution in [2.24, 2.45) is 11.5 Å². The van der Waals surface area contributed by atoms with E-state index >= 15 is 0 Å². The number of nitriles is 2. The Kier molecular flexibility index (Phi) is 3.37. The van der Waals surface area contributed by atoms with Crippen LogP contribution < -0.4 is 11.5 Å². The lowest BCUT2D eigenvalue weighted by Crippen LogP contribution is -2.66. The Labute approximate surface area is 93.2 Å². The maximum atomic E-state index is 11.4. The van der Waals surface area contributed by atoms with E-state index in [4.69, 9.17) is 10.5 Å². The SMILES string of the molecule is N#CC(N)([N+](=O)[O-])S(=O)(=O)C(N)(C#N)[N+](=O)[O-]. The summed E-state index contributed by atoms with van der Waals surface area (Å²) in [5, 5.41) is 37.4. The first-order chi connectivity index (χ1) is 7.51. The van der Waals surface area contributed by atoms with Crippen LogP contribution >= 0.6 is 0 Å². The molecule has 0 heterocycles. The number of hydrogen-bond donors (Lipinski definition) is 2. The predicted octanol–water partition coefficient (Wildman–Crippen LogP) is -2.77. The molecular formula is C4H4N6O6S. The van der Waals surface area contributed by atoms with Gasteiger partial charge in [-0.15, -0.1) is 0 Å². The standard InChI is InChI=1S/C4H4N6O6S/c5-1-3(7,9(11)12)17(15,16)4(8,2-6)10(13)14/h7-8H2. The van der Waals surface area contributed by atoms with Crippen molar-refractivity contribution in [3.8, 4) is 12.1 Å². The first-order valence-corrected chi connectivity index (χ1v) is 4.93. The summed E-state index contributed by atoms with van der Waals surface area (Å²) < 4.78 is 22.9. The monoisotopic (exact) mass is 264 g/mol. The predicted molar refractivity (Wildman–Crippen MR) is 48.0 cm³/mol. The Morgan fingerprint density at radius 2 is 1.24 bits per heavy atom. The molecule has 0 saturated carbocycles. The van der Waals surface area contributed by atoms with Gasteiger partial charge < -0.3 is 0 Å². The number of hydrogen-bond acceptors (Lipinski definition) is 10. The molecule has 0 aliphatic carbocycles. The lowest BCUT2D eigenvalue weighted by atomic mass is 10.6. The van der Waals surface area contributed by atoms with Gasteiger partial charge in [0.15, 0.2) is 12.1 Å². The average molecular weight is 264 g/mol. The highest BCUT2D eigenvalue weighted by Gasteiger charge is 2.70. The van der Waals surface area contributed by atoms with Gasteiger partial charge in [0.1, 0.15) is 0 Å². The maximum Gasteiger partial charge on any atom is 0.467 e. The molecule has 0 fully saturated rings. The van der Waals surface area contributed by atoms with Crippen LogP contribution in [-0.2, 0) is 9.84 Å². The van der Waals surface area contributed by atoms with E-state index in [0.717, 1.165) is 0 Å². The highest BCUT2D eigenvalue weighted by molar-refractivity contribution is 7.94. The molecule has 0 bridgehead atoms. The van der Waals surface area contributed by atoms with Gasteiger partial charge in [0.25, 0.3) is 0 Å². The average Bonchev–Trinajstić information content (AvgIpc) is 2.25. The third-order valence-corrected chi connectivity index (χ3v) is 3.80. The molecule has 0 rings (SSSR count). The number of rotatable bonds is 4. The quantitative estimate of drug-likeness (QED) is 0.302. The summed E-state index contributed by atoms with van der Waals surface area (Å²) in [6, 6.07) is 1.14. The minimum atomic E-state index is -5.73. The van der Waals surface area contributed by atoms with Crippen LogP contribution in [-0.4, -0.2) is 28.3 Å². The molecule has 0 aromatic carbocycles. The normalized spacial score (nSPS) is 17.9. The van der Waals surface area contributed by atoms with Crippen LogP contribution in [0.15, 0.2) is 0 Å². The molecule has 2 unspecified atom stereocenters. The molecule has 2 atom stereocenters. The van der Waals surface area contributed by atoms with Gasteiger partial charge in [0.2, 0.25) is 0 Å². The smallest absolute Gasteiger partial charge is 0.261 e. The molecule has 92 valence electrons. The van der Waals surface area contributed by atoms with E-state index in [1.807, 2.05) is 0 Å². The highest BCUT2D eigenvalue weighted by Crippen LogP contribution is 2.23. The summed E-state index contributed by atoms with van der Waals surface area (Å²) in [5.41, 5.74) is 9.27. The molecule has 17 heavy (non-hydrogen) atoms. The van der Waals surface area contributed by atoms with Gasteiger partial charge >= 0.3 is 19.8 Å². The van der Waals surface area contributed by atoms with Crippen molar-refractivity contribution in [1.29, 1.82) is 10.5 Å². The minimum Gasteiger partial charge on any atom is -0.261 e. The van der Waals surface area contributed by atoms with Gasteiger partial charge in [-0.2, -0.15) is 10.5 Å². The van der Waals surface area contributed by atoms with E-state index in [-0.39, 0.29) is 0 Å². The maximum absolute atomic E-state index is 11.4. The fourth-order valence-corrected chi connectivity index (χ4v) is 1.74. The van der Waals surface area contributed by atoms with Gasteiger partial charge in [0.05, 0.1) is 9.85 Å². The number of nitro groups is 2. The van der Waals surface area contributed by atoms with Crippen LogP contribution in [0.4, 0.5) is 0 Å². The molecule has 0 aromatic heterocycles. The van der Waals surface area contributed by atoms with E-state index in [1.54, 1.807) is 0 Å². The molecule has 0 amide bonds. The van der Waals surface area contributed by atoms with Gasteiger partial charge in [-0.25, -0.2) is 19.9 Å². The number of sulfone groups is 1. The Morgan fingerprint density at radius 3 is 1.35 bits per heavy atom. The van der Waals surface area contributed by atoms with Crippen molar-refractivity contribution >= 4 is 9.84 Å². The number of nitrogens with two attached hydrogens (primary N) is 2. The number of nitrogens with zero attached hydrogens (tertiary/aromatic N) is 4. The summed E-state index contributed by atoms with van der Waals surface area (Å²) in [6.45, 7) is 0. The zero-order valence-electron chi connectivity index (χ0n) is 7.80. The largest absolute Gasteiger partial charge is 0.467 e. The lowest BCUT2D eigenvalue weighted by molar-refractivity contribution is -0.539. The fourth-order valence-electron chi connectivity index (χ4n) is 0.635. The van der Waals surface area contributed by atoms with Crippen LogP contribution in [0, 0.1) is 42.9 Å². The Hall–Kier alpha value is -2.35. The van der Waals surface area contributed by atoms with Crippen molar-refractivity contribution in [2.75, 3.05) is 0 Å². The van der Waals surface area contributed by atoms with E-state index in [9.17, 15) is 28.6 Å². The van der Waals surface area contributed by atoms with Crippen molar-refractivity contribution in [3.63, 3.8) is 0 Å². The van der Waals surface area contributed by atoms with Gasteiger partial charge in [-0.05, 0) is 0 Å². The molecule has 0 aliphatic rings. The van der Waals surface area contributed by atoms with Crippen molar-refractivity contribution in [3.05, 3.63) is 20.2 Å². The molecule has 0 saturated heterocycles. The third kappa shape index (κ3) is 1.64. The van der Waals surface area contributed by atoms with Crippen LogP contribution in [0.5, 0.6) is 0 Å². The van der Waals surface area contributed by atoms with E-state index < -0.39 is 29.7 Å². The van der Waals surface area contributed by atoms with Crippen LogP contribution in [0.2, 0.25) is 0 Å². The molecule has 0 spiro atoms. The molecule has 12 nitrogen and oxygen atoms in total. The molecular weight excluding hydrogens is 260 g/mol. The zero-order chi connectivity index (χ0) is 14.1. The molecule has 0 radical (unpaired) electrons. The van der Waals surface area contributed by atoms with Gasteiger partial charge in [-0.1, -0.05) is 0 Å². The molecule has 0 aliphatic heterocycles. The van der Waals surface area contributed by atoms with Crippen LogP contribution in [0.3, 0.4) is 0 Å². The zero-order valence-corrected chi connectivity index (χ0v) is 8.62. The van der Waals surface area contributed by atoms with E-state index in [0.29, 0.717) is 12.1 Å².